The van der Waals surface area contributed by atoms with Gasteiger partial charge < -0.3 is 29.0 Å². The lowest BCUT2D eigenvalue weighted by Gasteiger charge is -2.31. The second kappa shape index (κ2) is 12.1. The van der Waals surface area contributed by atoms with Crippen LogP contribution in [0.2, 0.25) is 0 Å². The molecule has 0 spiro atoms. The van der Waals surface area contributed by atoms with Gasteiger partial charge in [0.25, 0.3) is 0 Å². The molecule has 9 nitrogen and oxygen atoms in total. The molecule has 0 aliphatic carbocycles. The fourth-order valence-electron chi connectivity index (χ4n) is 3.66. The Bertz CT molecular complexity index is 1030. The summed E-state index contributed by atoms with van der Waals surface area (Å²) in [6.45, 7) is 9.97. The maximum atomic E-state index is 11.5. The first-order valence-corrected chi connectivity index (χ1v) is 14.1. The summed E-state index contributed by atoms with van der Waals surface area (Å²) in [5, 5.41) is 0. The third kappa shape index (κ3) is 10.2. The number of phosphoric acid groups is 1. The number of phosphoric ester groups is 1. The van der Waals surface area contributed by atoms with E-state index in [0.29, 0.717) is 23.5 Å². The Morgan fingerprint density at radius 2 is 1.54 bits per heavy atom. The summed E-state index contributed by atoms with van der Waals surface area (Å²) in [4.78, 5) is 37.5. The Morgan fingerprint density at radius 3 is 2.06 bits per heavy atom. The number of aryl methyl sites for hydroxylation is 2. The zero-order chi connectivity index (χ0) is 26.4. The fraction of sp³-hybridized carbons (Fsp3) is 0.500. The van der Waals surface area contributed by atoms with E-state index in [0.717, 1.165) is 36.0 Å². The predicted molar refractivity (Wildman–Crippen MR) is 135 cm³/mol. The molecule has 196 valence electrons. The summed E-state index contributed by atoms with van der Waals surface area (Å²) in [5.41, 5.74) is 3.08. The van der Waals surface area contributed by atoms with Gasteiger partial charge in [0.2, 0.25) is 11.6 Å². The zero-order valence-electron chi connectivity index (χ0n) is 21.0. The maximum absolute atomic E-state index is 11.5. The highest BCUT2D eigenvalue weighted by Crippen LogP contribution is 2.47. The van der Waals surface area contributed by atoms with Crippen LogP contribution < -0.4 is 9.47 Å². The minimum Gasteiger partial charge on any atom is -0.462 e. The molecule has 11 heteroatoms. The number of unbranched alkanes of at least 4 members (excludes halogenated alkanes) is 2. The molecule has 35 heavy (non-hydrogen) atoms. The van der Waals surface area contributed by atoms with Crippen LogP contribution in [0.5, 0.6) is 11.5 Å². The van der Waals surface area contributed by atoms with Gasteiger partial charge in [-0.1, -0.05) is 49.6 Å². The smallest absolute Gasteiger partial charge is 0.462 e. The van der Waals surface area contributed by atoms with E-state index in [1.165, 1.54) is 13.8 Å². The molecule has 0 aliphatic rings. The van der Waals surface area contributed by atoms with Crippen molar-refractivity contribution >= 4 is 16.4 Å². The second-order valence-electron chi connectivity index (χ2n) is 9.22. The number of hydrogen-bond acceptors (Lipinski definition) is 7. The van der Waals surface area contributed by atoms with Crippen LogP contribution in [0.15, 0.2) is 36.4 Å². The van der Waals surface area contributed by atoms with Gasteiger partial charge in [-0.2, -0.15) is 0 Å². The molecule has 0 unspecified atom stereocenters. The molecule has 2 aromatic carbocycles. The van der Waals surface area contributed by atoms with Crippen molar-refractivity contribution in [1.29, 1.82) is 0 Å². The van der Waals surface area contributed by atoms with Crippen LogP contribution in [0.1, 0.15) is 65.0 Å². The Morgan fingerprint density at radius 1 is 0.943 bits per heavy atom. The zero-order valence-corrected chi connectivity index (χ0v) is 22.8. The predicted octanol–water partition coefficient (Wildman–Crippen LogP) is 5.96. The van der Waals surface area contributed by atoms with Gasteiger partial charge in [-0.05, 0) is 43.0 Å². The summed E-state index contributed by atoms with van der Waals surface area (Å²) < 4.78 is 33.8. The minimum atomic E-state index is -4.84. The Balaban J connectivity index is 2.70. The molecule has 0 aliphatic heterocycles. The van der Waals surface area contributed by atoms with Crippen molar-refractivity contribution in [3.05, 3.63) is 47.5 Å². The highest BCUT2D eigenvalue weighted by Gasteiger charge is 2.33. The normalized spacial score (nSPS) is 12.8. The van der Waals surface area contributed by atoms with E-state index in [9.17, 15) is 24.1 Å². The average Bonchev–Trinajstić information content (AvgIpc) is 2.64. The molecule has 0 bridgehead atoms. The highest BCUT2D eigenvalue weighted by atomic mass is 31.2. The third-order valence-corrected chi connectivity index (χ3v) is 6.13. The lowest BCUT2D eigenvalue weighted by Crippen LogP contribution is -2.32. The average molecular weight is 530 g/mol. The Kier molecular flexibility index (Phi) is 10.3. The molecule has 0 amide bonds. The van der Waals surface area contributed by atoms with Crippen LogP contribution in [0, 0.1) is 6.92 Å². The first-order chi connectivity index (χ1) is 16.1. The second-order valence-corrected chi connectivity index (χ2v) is 11.1. The van der Waals surface area contributed by atoms with E-state index >= 15 is 0 Å². The van der Waals surface area contributed by atoms with E-state index in [-0.39, 0.29) is 0 Å². The first kappa shape index (κ1) is 29.7. The molecule has 0 aromatic heterocycles. The van der Waals surface area contributed by atoms with Gasteiger partial charge in [0.15, 0.2) is 0 Å². The molecule has 0 atom stereocenters. The van der Waals surface area contributed by atoms with E-state index in [4.69, 9.17) is 18.5 Å². The van der Waals surface area contributed by atoms with Crippen LogP contribution in [-0.4, -0.2) is 31.1 Å². The van der Waals surface area contributed by atoms with E-state index in [2.05, 4.69) is 6.92 Å². The quantitative estimate of drug-likeness (QED) is 0.140. The molecule has 0 heterocycles. The van der Waals surface area contributed by atoms with Crippen molar-refractivity contribution in [2.75, 3.05) is 0 Å². The number of benzene rings is 2. The summed E-state index contributed by atoms with van der Waals surface area (Å²) in [7, 11) is -7.53. The lowest BCUT2D eigenvalue weighted by molar-refractivity contribution is -0.0965. The molecule has 2 aromatic rings. The molecule has 2 rings (SSSR count). The number of rotatable bonds is 13. The van der Waals surface area contributed by atoms with Crippen LogP contribution in [0.4, 0.5) is 0 Å². The van der Waals surface area contributed by atoms with Gasteiger partial charge in [0, 0.05) is 27.7 Å². The Labute approximate surface area is 208 Å². The standard InChI is InChI=1S/C24H36O9P2/c1-7-8-9-12-18-15-20(30-23(3,4)32-34(25)26)22(19-13-10-11-17(2)14-19)21(16-18)31-24(5,6)33-35(27,28)29/h10-11,13-16,25-26H,7-9,12H2,1-6H3,(H2,27,28,29). The number of hydrogen-bond donors (Lipinski definition) is 4. The molecule has 0 fully saturated rings. The van der Waals surface area contributed by atoms with Crippen LogP contribution >= 0.6 is 16.4 Å². The molecule has 0 radical (unpaired) electrons. The van der Waals surface area contributed by atoms with E-state index < -0.39 is 28.0 Å². The van der Waals surface area contributed by atoms with Crippen molar-refractivity contribution in [2.45, 2.75) is 78.8 Å². The van der Waals surface area contributed by atoms with Crippen molar-refractivity contribution < 1.29 is 42.7 Å². The van der Waals surface area contributed by atoms with E-state index in [1.54, 1.807) is 13.8 Å². The van der Waals surface area contributed by atoms with Crippen molar-refractivity contribution in [3.63, 3.8) is 0 Å². The molecule has 0 saturated heterocycles. The summed E-state index contributed by atoms with van der Waals surface area (Å²) >= 11 is 0. The lowest BCUT2D eigenvalue weighted by atomic mass is 9.97. The van der Waals surface area contributed by atoms with Crippen molar-refractivity contribution in [2.24, 2.45) is 0 Å². The van der Waals surface area contributed by atoms with Gasteiger partial charge in [0.05, 0.1) is 5.56 Å². The highest BCUT2D eigenvalue weighted by molar-refractivity contribution is 7.46. The topological polar surface area (TPSA) is 135 Å². The maximum Gasteiger partial charge on any atom is 0.472 e. The van der Waals surface area contributed by atoms with Crippen LogP contribution in [0.3, 0.4) is 0 Å². The van der Waals surface area contributed by atoms with Gasteiger partial charge in [-0.3, -0.25) is 4.52 Å². The summed E-state index contributed by atoms with van der Waals surface area (Å²) in [6.07, 6.45) is 3.68. The molecule has 4 N–H and O–H groups in total. The molecular formula is C24H36O9P2. The van der Waals surface area contributed by atoms with Crippen molar-refractivity contribution in [3.8, 4) is 22.6 Å². The molecule has 0 saturated carbocycles. The summed E-state index contributed by atoms with van der Waals surface area (Å²) in [6, 6.07) is 11.2. The SMILES string of the molecule is CCCCCc1cc(OC(C)(C)OP(O)O)c(-c2cccc(C)c2)c(OC(C)(C)OP(=O)(O)O)c1. The van der Waals surface area contributed by atoms with Gasteiger partial charge >= 0.3 is 16.4 Å². The van der Waals surface area contributed by atoms with Gasteiger partial charge in [-0.15, -0.1) is 0 Å². The number of ether oxygens (including phenoxy) is 2. The molecular weight excluding hydrogens is 494 g/mol. The fourth-order valence-corrected chi connectivity index (χ4v) is 4.70. The van der Waals surface area contributed by atoms with Crippen LogP contribution in [0.25, 0.3) is 11.1 Å². The van der Waals surface area contributed by atoms with Gasteiger partial charge in [0.1, 0.15) is 11.5 Å². The third-order valence-electron chi connectivity index (χ3n) is 4.85. The monoisotopic (exact) mass is 530 g/mol. The van der Waals surface area contributed by atoms with Crippen LogP contribution in [-0.2, 0) is 20.0 Å². The largest absolute Gasteiger partial charge is 0.472 e. The first-order valence-electron chi connectivity index (χ1n) is 11.4. The minimum absolute atomic E-state index is 0.295. The van der Waals surface area contributed by atoms with E-state index in [1.807, 2.05) is 43.3 Å². The summed E-state index contributed by atoms with van der Waals surface area (Å²) in [5.74, 6) is -2.42. The van der Waals surface area contributed by atoms with Crippen molar-refractivity contribution in [1.82, 2.24) is 0 Å². The van der Waals surface area contributed by atoms with Gasteiger partial charge in [-0.25, -0.2) is 9.09 Å². The Hall–Kier alpha value is -1.54.